The standard InChI is InChI=1S/C16H16N2O2S/c19-15(13-6-8-21-11-13)9-17-16(20)10-18-7-5-12-3-1-2-4-14(12)18/h1-8,11,15,19H,9-10H2,(H,17,20). The Morgan fingerprint density at radius 1 is 1.29 bits per heavy atom. The Morgan fingerprint density at radius 3 is 2.95 bits per heavy atom. The summed E-state index contributed by atoms with van der Waals surface area (Å²) in [7, 11) is 0. The molecular formula is C16H16N2O2S. The van der Waals surface area contributed by atoms with Crippen LogP contribution in [0.1, 0.15) is 11.7 Å². The van der Waals surface area contributed by atoms with Crippen molar-refractivity contribution < 1.29 is 9.90 Å². The molecule has 0 aliphatic rings. The number of para-hydroxylation sites is 1. The van der Waals surface area contributed by atoms with Gasteiger partial charge in [-0.1, -0.05) is 18.2 Å². The number of hydrogen-bond donors (Lipinski definition) is 2. The van der Waals surface area contributed by atoms with Crippen LogP contribution < -0.4 is 5.32 Å². The van der Waals surface area contributed by atoms with Gasteiger partial charge in [-0.2, -0.15) is 11.3 Å². The summed E-state index contributed by atoms with van der Waals surface area (Å²) in [6.07, 6.45) is 1.25. The molecule has 1 unspecified atom stereocenters. The maximum atomic E-state index is 12.0. The molecule has 0 radical (unpaired) electrons. The molecular weight excluding hydrogens is 284 g/mol. The molecule has 2 heterocycles. The second-order valence-corrected chi connectivity index (χ2v) is 5.66. The maximum absolute atomic E-state index is 12.0. The van der Waals surface area contributed by atoms with Gasteiger partial charge in [0.1, 0.15) is 6.54 Å². The van der Waals surface area contributed by atoms with Gasteiger partial charge in [0.15, 0.2) is 0 Å². The molecule has 2 N–H and O–H groups in total. The number of aliphatic hydroxyl groups excluding tert-OH is 1. The molecule has 5 heteroatoms. The summed E-state index contributed by atoms with van der Waals surface area (Å²) in [5, 5.41) is 17.6. The third kappa shape index (κ3) is 3.15. The van der Waals surface area contributed by atoms with Crippen LogP contribution in [0.4, 0.5) is 0 Å². The van der Waals surface area contributed by atoms with Gasteiger partial charge in [-0.3, -0.25) is 4.79 Å². The van der Waals surface area contributed by atoms with E-state index in [9.17, 15) is 9.90 Å². The van der Waals surface area contributed by atoms with Gasteiger partial charge in [0.25, 0.3) is 0 Å². The van der Waals surface area contributed by atoms with Gasteiger partial charge in [0, 0.05) is 18.3 Å². The first-order chi connectivity index (χ1) is 10.2. The van der Waals surface area contributed by atoms with Crippen LogP contribution in [-0.4, -0.2) is 22.1 Å². The second kappa shape index (κ2) is 6.11. The lowest BCUT2D eigenvalue weighted by molar-refractivity contribution is -0.122. The smallest absolute Gasteiger partial charge is 0.240 e. The van der Waals surface area contributed by atoms with E-state index < -0.39 is 6.10 Å². The molecule has 0 fully saturated rings. The third-order valence-corrected chi connectivity index (χ3v) is 4.12. The van der Waals surface area contributed by atoms with Gasteiger partial charge in [0.2, 0.25) is 5.91 Å². The quantitative estimate of drug-likeness (QED) is 0.761. The number of carbonyl (C=O) groups excluding carboxylic acids is 1. The molecule has 0 aliphatic carbocycles. The van der Waals surface area contributed by atoms with E-state index in [1.54, 1.807) is 0 Å². The molecule has 1 atom stereocenters. The van der Waals surface area contributed by atoms with Crippen LogP contribution in [0.15, 0.2) is 53.4 Å². The molecule has 2 aromatic heterocycles. The topological polar surface area (TPSA) is 54.3 Å². The Bertz CT molecular complexity index is 734. The summed E-state index contributed by atoms with van der Waals surface area (Å²) in [6.45, 7) is 0.485. The highest BCUT2D eigenvalue weighted by Gasteiger charge is 2.10. The molecule has 0 saturated carbocycles. The summed E-state index contributed by atoms with van der Waals surface area (Å²) < 4.78 is 1.90. The van der Waals surface area contributed by atoms with Crippen LogP contribution in [-0.2, 0) is 11.3 Å². The normalized spacial score (nSPS) is 12.4. The zero-order valence-electron chi connectivity index (χ0n) is 11.4. The number of nitrogens with zero attached hydrogens (tertiary/aromatic N) is 1. The largest absolute Gasteiger partial charge is 0.387 e. The Labute approximate surface area is 126 Å². The summed E-state index contributed by atoms with van der Waals surface area (Å²) >= 11 is 1.53. The van der Waals surface area contributed by atoms with E-state index in [1.165, 1.54) is 11.3 Å². The highest BCUT2D eigenvalue weighted by Crippen LogP contribution is 2.16. The van der Waals surface area contributed by atoms with E-state index in [0.717, 1.165) is 16.5 Å². The first-order valence-corrected chi connectivity index (χ1v) is 7.69. The fourth-order valence-corrected chi connectivity index (χ4v) is 2.99. The van der Waals surface area contributed by atoms with Crippen molar-refractivity contribution >= 4 is 28.1 Å². The number of rotatable bonds is 5. The fraction of sp³-hybridized carbons (Fsp3) is 0.188. The van der Waals surface area contributed by atoms with Crippen molar-refractivity contribution in [1.29, 1.82) is 0 Å². The number of benzene rings is 1. The predicted octanol–water partition coefficient (Wildman–Crippen LogP) is 2.55. The van der Waals surface area contributed by atoms with Gasteiger partial charge in [-0.15, -0.1) is 0 Å². The molecule has 0 aliphatic heterocycles. The summed E-state index contributed by atoms with van der Waals surface area (Å²) in [4.78, 5) is 12.0. The summed E-state index contributed by atoms with van der Waals surface area (Å²) in [6, 6.07) is 11.8. The molecule has 1 aromatic carbocycles. The Kier molecular flexibility index (Phi) is 4.03. The number of nitrogens with one attached hydrogen (secondary N) is 1. The number of thiophene rings is 1. The predicted molar refractivity (Wildman–Crippen MR) is 84.2 cm³/mol. The lowest BCUT2D eigenvalue weighted by Gasteiger charge is -2.11. The average Bonchev–Trinajstić information content (AvgIpc) is 3.15. The molecule has 1 amide bonds. The van der Waals surface area contributed by atoms with Gasteiger partial charge >= 0.3 is 0 Å². The summed E-state index contributed by atoms with van der Waals surface area (Å²) in [5.41, 5.74) is 1.87. The fourth-order valence-electron chi connectivity index (χ4n) is 2.28. The Balaban J connectivity index is 1.59. The molecule has 3 rings (SSSR count). The van der Waals surface area contributed by atoms with Crippen molar-refractivity contribution in [2.24, 2.45) is 0 Å². The molecule has 0 spiro atoms. The zero-order valence-corrected chi connectivity index (χ0v) is 12.2. The number of fused-ring (bicyclic) bond motifs is 1. The SMILES string of the molecule is O=C(Cn1ccc2ccccc21)NCC(O)c1ccsc1. The van der Waals surface area contributed by atoms with E-state index >= 15 is 0 Å². The summed E-state index contributed by atoms with van der Waals surface area (Å²) in [5.74, 6) is -0.106. The van der Waals surface area contributed by atoms with Crippen molar-refractivity contribution in [3.05, 3.63) is 58.9 Å². The molecule has 108 valence electrons. The highest BCUT2D eigenvalue weighted by atomic mass is 32.1. The lowest BCUT2D eigenvalue weighted by Crippen LogP contribution is -2.31. The molecule has 0 bridgehead atoms. The second-order valence-electron chi connectivity index (χ2n) is 4.88. The van der Waals surface area contributed by atoms with Crippen molar-refractivity contribution in [2.75, 3.05) is 6.54 Å². The number of hydrogen-bond acceptors (Lipinski definition) is 3. The number of aliphatic hydroxyl groups is 1. The minimum atomic E-state index is -0.651. The van der Waals surface area contributed by atoms with E-state index in [-0.39, 0.29) is 19.0 Å². The molecule has 0 saturated heterocycles. The van der Waals surface area contributed by atoms with Gasteiger partial charge in [-0.25, -0.2) is 0 Å². The zero-order chi connectivity index (χ0) is 14.7. The molecule has 21 heavy (non-hydrogen) atoms. The molecule has 3 aromatic rings. The van der Waals surface area contributed by atoms with Gasteiger partial charge in [-0.05, 0) is 39.9 Å². The van der Waals surface area contributed by atoms with Crippen LogP contribution in [0.5, 0.6) is 0 Å². The first kappa shape index (κ1) is 13.9. The Hall–Kier alpha value is -2.11. The maximum Gasteiger partial charge on any atom is 0.240 e. The van der Waals surface area contributed by atoms with Crippen molar-refractivity contribution in [3.63, 3.8) is 0 Å². The first-order valence-electron chi connectivity index (χ1n) is 6.75. The van der Waals surface area contributed by atoms with Crippen LogP contribution in [0.25, 0.3) is 10.9 Å². The van der Waals surface area contributed by atoms with Crippen LogP contribution in [0, 0.1) is 0 Å². The molecule has 4 nitrogen and oxygen atoms in total. The van der Waals surface area contributed by atoms with Crippen molar-refractivity contribution in [3.8, 4) is 0 Å². The van der Waals surface area contributed by atoms with E-state index in [4.69, 9.17) is 0 Å². The minimum Gasteiger partial charge on any atom is -0.387 e. The highest BCUT2D eigenvalue weighted by molar-refractivity contribution is 7.07. The van der Waals surface area contributed by atoms with Gasteiger partial charge in [0.05, 0.1) is 6.10 Å². The number of carbonyl (C=O) groups is 1. The number of amides is 1. The average molecular weight is 300 g/mol. The third-order valence-electron chi connectivity index (χ3n) is 3.41. The van der Waals surface area contributed by atoms with E-state index in [1.807, 2.05) is 57.9 Å². The van der Waals surface area contributed by atoms with Gasteiger partial charge < -0.3 is 15.0 Å². The Morgan fingerprint density at radius 2 is 2.14 bits per heavy atom. The van der Waals surface area contributed by atoms with Crippen molar-refractivity contribution in [2.45, 2.75) is 12.6 Å². The van der Waals surface area contributed by atoms with Crippen LogP contribution >= 0.6 is 11.3 Å². The van der Waals surface area contributed by atoms with Crippen LogP contribution in [0.2, 0.25) is 0 Å². The monoisotopic (exact) mass is 300 g/mol. The minimum absolute atomic E-state index is 0.106. The van der Waals surface area contributed by atoms with Crippen LogP contribution in [0.3, 0.4) is 0 Å². The van der Waals surface area contributed by atoms with E-state index in [2.05, 4.69) is 5.32 Å². The van der Waals surface area contributed by atoms with E-state index in [0.29, 0.717) is 0 Å². The number of aromatic nitrogens is 1. The van der Waals surface area contributed by atoms with Crippen molar-refractivity contribution in [1.82, 2.24) is 9.88 Å². The lowest BCUT2D eigenvalue weighted by atomic mass is 10.2.